The van der Waals surface area contributed by atoms with E-state index in [0.717, 1.165) is 12.8 Å². The van der Waals surface area contributed by atoms with Gasteiger partial charge in [0.1, 0.15) is 11.3 Å². The Kier molecular flexibility index (Phi) is 6.22. The number of hydrogen-bond acceptors (Lipinski definition) is 8. The number of amides is 1. The van der Waals surface area contributed by atoms with Crippen LogP contribution in [-0.4, -0.2) is 55.4 Å². The maximum Gasteiger partial charge on any atom is 0.269 e. The third-order valence-corrected chi connectivity index (χ3v) is 8.62. The summed E-state index contributed by atoms with van der Waals surface area (Å²) in [6.07, 6.45) is 1.58. The zero-order valence-corrected chi connectivity index (χ0v) is 22.4. The van der Waals surface area contributed by atoms with E-state index in [4.69, 9.17) is 14.2 Å². The number of Topliss-reactive ketones (excluding diaryl/α,β-unsaturated/α-hetero) is 1. The number of ketones is 1. The minimum atomic E-state index is -1.33. The molecule has 40 heavy (non-hydrogen) atoms. The fourth-order valence-corrected chi connectivity index (χ4v) is 7.06. The van der Waals surface area contributed by atoms with Gasteiger partial charge in [-0.05, 0) is 61.3 Å². The first-order valence-corrected chi connectivity index (χ1v) is 13.1. The number of hydrogen-bond donors (Lipinski definition) is 1. The molecule has 0 aromatic heterocycles. The molecule has 0 bridgehead atoms. The Labute approximate surface area is 231 Å². The topological polar surface area (TPSA) is 120 Å². The number of carbonyl (C=O) groups is 2. The Bertz CT molecular complexity index is 1540. The lowest BCUT2D eigenvalue weighted by atomic mass is 9.68. The number of nitro benzene ring substituents is 1. The maximum atomic E-state index is 14.8. The summed E-state index contributed by atoms with van der Waals surface area (Å²) in [6.45, 7) is 0.607. The van der Waals surface area contributed by atoms with Crippen LogP contribution in [0.25, 0.3) is 0 Å². The SMILES string of the molecule is COc1ccc2c(c1)[C@]1(C(=O)N2)C(C(=O)c2ccc(OC)c(OC)c2)C(c2cccc([N+](=O)[O-])c2)C2CCCN21. The molecular weight excluding hydrogens is 514 g/mol. The van der Waals surface area contributed by atoms with E-state index in [2.05, 4.69) is 10.2 Å². The standard InChI is InChI=1S/C30H29N3O7/c1-38-20-10-11-22-21(16-20)30(29(35)31-22)27(28(34)18-9-12-24(39-2)25(15-18)40-3)26(23-8-5-13-32(23)30)17-6-4-7-19(14-17)33(36)37/h4,6-7,9-12,14-16,23,26-27H,5,8,13H2,1-3H3,(H,31,35)/t23?,26?,27?,30-/m1/s1. The van der Waals surface area contributed by atoms with Crippen LogP contribution >= 0.6 is 0 Å². The molecule has 3 heterocycles. The Balaban J connectivity index is 1.61. The largest absolute Gasteiger partial charge is 0.497 e. The second-order valence-corrected chi connectivity index (χ2v) is 10.3. The van der Waals surface area contributed by atoms with Crippen molar-refractivity contribution in [3.63, 3.8) is 0 Å². The van der Waals surface area contributed by atoms with Crippen LogP contribution in [0.15, 0.2) is 60.7 Å². The third kappa shape index (κ3) is 3.59. The summed E-state index contributed by atoms with van der Waals surface area (Å²) in [5.74, 6) is -0.457. The molecule has 1 spiro atoms. The summed E-state index contributed by atoms with van der Waals surface area (Å²) in [7, 11) is 4.58. The molecule has 3 aromatic carbocycles. The fraction of sp³-hybridized carbons (Fsp3) is 0.333. The summed E-state index contributed by atoms with van der Waals surface area (Å²) in [5, 5.41) is 14.8. The molecule has 10 heteroatoms. The predicted octanol–water partition coefficient (Wildman–Crippen LogP) is 4.53. The van der Waals surface area contributed by atoms with Crippen molar-refractivity contribution in [1.29, 1.82) is 0 Å². The summed E-state index contributed by atoms with van der Waals surface area (Å²) in [5.41, 5.74) is 0.939. The van der Waals surface area contributed by atoms with E-state index in [0.29, 0.717) is 46.2 Å². The zero-order chi connectivity index (χ0) is 28.2. The van der Waals surface area contributed by atoms with Gasteiger partial charge < -0.3 is 19.5 Å². The number of nitrogens with zero attached hydrogens (tertiary/aromatic N) is 2. The quantitative estimate of drug-likeness (QED) is 0.262. The van der Waals surface area contributed by atoms with E-state index in [9.17, 15) is 19.7 Å². The first kappa shape index (κ1) is 25.8. The average Bonchev–Trinajstić information content (AvgIpc) is 3.64. The van der Waals surface area contributed by atoms with E-state index >= 15 is 0 Å². The molecule has 10 nitrogen and oxygen atoms in total. The number of anilines is 1. The van der Waals surface area contributed by atoms with E-state index in [-0.39, 0.29) is 23.4 Å². The molecule has 1 N–H and O–H groups in total. The number of nitrogens with one attached hydrogen (secondary N) is 1. The zero-order valence-electron chi connectivity index (χ0n) is 22.4. The monoisotopic (exact) mass is 543 g/mol. The lowest BCUT2D eigenvalue weighted by molar-refractivity contribution is -0.384. The van der Waals surface area contributed by atoms with Crippen molar-refractivity contribution >= 4 is 23.1 Å². The number of non-ortho nitro benzene ring substituents is 1. The van der Waals surface area contributed by atoms with Gasteiger partial charge in [0.15, 0.2) is 17.3 Å². The van der Waals surface area contributed by atoms with Crippen LogP contribution in [0, 0.1) is 16.0 Å². The highest BCUT2D eigenvalue weighted by molar-refractivity contribution is 6.12. The Morgan fingerprint density at radius 3 is 2.55 bits per heavy atom. The van der Waals surface area contributed by atoms with Gasteiger partial charge in [0, 0.05) is 40.9 Å². The molecule has 2 fully saturated rings. The molecule has 4 atom stereocenters. The first-order valence-electron chi connectivity index (χ1n) is 13.1. The van der Waals surface area contributed by atoms with Crippen LogP contribution in [-0.2, 0) is 10.3 Å². The molecule has 206 valence electrons. The lowest BCUT2D eigenvalue weighted by Gasteiger charge is -2.37. The Morgan fingerprint density at radius 1 is 1.02 bits per heavy atom. The second kappa shape index (κ2) is 9.63. The fourth-order valence-electron chi connectivity index (χ4n) is 7.06. The second-order valence-electron chi connectivity index (χ2n) is 10.3. The van der Waals surface area contributed by atoms with Crippen LogP contribution < -0.4 is 19.5 Å². The van der Waals surface area contributed by atoms with Gasteiger partial charge >= 0.3 is 0 Å². The molecule has 2 saturated heterocycles. The number of fused-ring (bicyclic) bond motifs is 4. The van der Waals surface area contributed by atoms with Gasteiger partial charge in [-0.1, -0.05) is 12.1 Å². The molecule has 3 unspecified atom stereocenters. The van der Waals surface area contributed by atoms with Crippen molar-refractivity contribution in [1.82, 2.24) is 4.90 Å². The first-order chi connectivity index (χ1) is 19.3. The molecule has 6 rings (SSSR count). The minimum absolute atomic E-state index is 0.0572. The van der Waals surface area contributed by atoms with Crippen molar-refractivity contribution in [2.75, 3.05) is 33.2 Å². The van der Waals surface area contributed by atoms with Gasteiger partial charge in [-0.2, -0.15) is 0 Å². The van der Waals surface area contributed by atoms with Gasteiger partial charge in [-0.15, -0.1) is 0 Å². The van der Waals surface area contributed by atoms with Crippen LogP contribution in [0.1, 0.15) is 40.2 Å². The molecule has 3 aliphatic rings. The Hall–Kier alpha value is -4.44. The van der Waals surface area contributed by atoms with Crippen LogP contribution in [0.2, 0.25) is 0 Å². The van der Waals surface area contributed by atoms with Crippen molar-refractivity contribution in [2.45, 2.75) is 30.3 Å². The summed E-state index contributed by atoms with van der Waals surface area (Å²) < 4.78 is 16.4. The minimum Gasteiger partial charge on any atom is -0.497 e. The van der Waals surface area contributed by atoms with Gasteiger partial charge in [0.05, 0.1) is 32.2 Å². The van der Waals surface area contributed by atoms with Crippen LogP contribution in [0.3, 0.4) is 0 Å². The van der Waals surface area contributed by atoms with Crippen LogP contribution in [0.4, 0.5) is 11.4 Å². The van der Waals surface area contributed by atoms with Crippen LogP contribution in [0.5, 0.6) is 17.2 Å². The van der Waals surface area contributed by atoms with Gasteiger partial charge in [0.25, 0.3) is 5.69 Å². The maximum absolute atomic E-state index is 14.8. The molecule has 3 aliphatic heterocycles. The van der Waals surface area contributed by atoms with Crippen molar-refractivity contribution in [3.8, 4) is 17.2 Å². The van der Waals surface area contributed by atoms with Crippen molar-refractivity contribution < 1.29 is 28.7 Å². The molecule has 0 saturated carbocycles. The molecule has 0 radical (unpaired) electrons. The third-order valence-electron chi connectivity index (χ3n) is 8.62. The Morgan fingerprint density at radius 2 is 1.82 bits per heavy atom. The number of methoxy groups -OCH3 is 3. The molecule has 3 aromatic rings. The van der Waals surface area contributed by atoms with E-state index < -0.39 is 22.3 Å². The smallest absolute Gasteiger partial charge is 0.269 e. The highest BCUT2D eigenvalue weighted by Gasteiger charge is 2.69. The number of carbonyl (C=O) groups excluding carboxylic acids is 2. The van der Waals surface area contributed by atoms with Gasteiger partial charge in [0.2, 0.25) is 5.91 Å². The number of rotatable bonds is 7. The van der Waals surface area contributed by atoms with Gasteiger partial charge in [-0.3, -0.25) is 24.6 Å². The number of nitro groups is 1. The number of ether oxygens (including phenoxy) is 3. The highest BCUT2D eigenvalue weighted by atomic mass is 16.6. The number of benzene rings is 3. The summed E-state index contributed by atoms with van der Waals surface area (Å²) in [6, 6.07) is 16.6. The molecule has 0 aliphatic carbocycles. The lowest BCUT2D eigenvalue weighted by Crippen LogP contribution is -2.52. The molecule has 1 amide bonds. The average molecular weight is 544 g/mol. The molecular formula is C30H29N3O7. The predicted molar refractivity (Wildman–Crippen MR) is 146 cm³/mol. The van der Waals surface area contributed by atoms with E-state index in [1.54, 1.807) is 43.5 Å². The normalized spacial score (nSPS) is 24.9. The van der Waals surface area contributed by atoms with E-state index in [1.165, 1.54) is 26.4 Å². The van der Waals surface area contributed by atoms with Gasteiger partial charge in [-0.25, -0.2) is 0 Å². The summed E-state index contributed by atoms with van der Waals surface area (Å²) >= 11 is 0. The van der Waals surface area contributed by atoms with Crippen molar-refractivity contribution in [3.05, 3.63) is 87.5 Å². The van der Waals surface area contributed by atoms with Crippen molar-refractivity contribution in [2.24, 2.45) is 5.92 Å². The summed E-state index contributed by atoms with van der Waals surface area (Å²) in [4.78, 5) is 42.4. The van der Waals surface area contributed by atoms with E-state index in [1.807, 2.05) is 12.1 Å². The highest BCUT2D eigenvalue weighted by Crippen LogP contribution is 2.61.